The predicted molar refractivity (Wildman–Crippen MR) is 65.6 cm³/mol. The van der Waals surface area contributed by atoms with Crippen molar-refractivity contribution in [3.8, 4) is 11.1 Å². The van der Waals surface area contributed by atoms with Gasteiger partial charge in [-0.1, -0.05) is 0 Å². The molecule has 0 radical (unpaired) electrons. The lowest BCUT2D eigenvalue weighted by molar-refractivity contribution is -0.141. The molecular weight excluding hydrogens is 253 g/mol. The molecule has 2 aromatic rings. The van der Waals surface area contributed by atoms with Crippen LogP contribution in [0.4, 0.5) is 13.2 Å². The molecule has 19 heavy (non-hydrogen) atoms. The smallest absolute Gasteiger partial charge is 0.351 e. The summed E-state index contributed by atoms with van der Waals surface area (Å²) < 4.78 is 40.1. The molecule has 0 aliphatic carbocycles. The van der Waals surface area contributed by atoms with Gasteiger partial charge in [0.2, 0.25) is 0 Å². The molecule has 0 atom stereocenters. The monoisotopic (exact) mass is 266 g/mol. The molecule has 3 rings (SSSR count). The Morgan fingerprint density at radius 2 is 1.95 bits per heavy atom. The second-order valence-electron chi connectivity index (χ2n) is 4.80. The van der Waals surface area contributed by atoms with E-state index in [4.69, 9.17) is 0 Å². The van der Waals surface area contributed by atoms with E-state index >= 15 is 0 Å². The first kappa shape index (κ1) is 12.3. The molecule has 2 aromatic heterocycles. The van der Waals surface area contributed by atoms with E-state index in [1.54, 1.807) is 6.07 Å². The predicted octanol–water partition coefficient (Wildman–Crippen LogP) is 3.91. The number of aryl methyl sites for hydroxylation is 2. The number of fused-ring (bicyclic) bond motifs is 1. The van der Waals surface area contributed by atoms with Crippen molar-refractivity contribution < 1.29 is 13.2 Å². The van der Waals surface area contributed by atoms with Crippen LogP contribution in [0.2, 0.25) is 0 Å². The summed E-state index contributed by atoms with van der Waals surface area (Å²) in [6.45, 7) is 0.951. The van der Waals surface area contributed by atoms with Crippen LogP contribution in [0, 0.1) is 0 Å². The minimum absolute atomic E-state index is 0.573. The normalized spacial score (nSPS) is 15.3. The maximum atomic E-state index is 12.6. The number of aromatic nitrogens is 2. The summed E-state index contributed by atoms with van der Waals surface area (Å²) >= 11 is 0. The highest BCUT2D eigenvalue weighted by Gasteiger charge is 2.32. The number of halogens is 3. The first-order valence-corrected chi connectivity index (χ1v) is 6.27. The van der Waals surface area contributed by atoms with E-state index in [1.807, 2.05) is 12.3 Å². The van der Waals surface area contributed by atoms with E-state index in [2.05, 4.69) is 9.55 Å². The second kappa shape index (κ2) is 4.40. The standard InChI is InChI=1S/C14H13F3N2/c15-14(16,17)13-8-10(4-5-18-13)11-7-12-3-1-2-6-19(12)9-11/h4-5,7-9H,1-3,6H2. The van der Waals surface area contributed by atoms with Gasteiger partial charge in [-0.15, -0.1) is 0 Å². The van der Waals surface area contributed by atoms with E-state index in [0.717, 1.165) is 37.4 Å². The van der Waals surface area contributed by atoms with Crippen LogP contribution in [0.1, 0.15) is 24.2 Å². The quantitative estimate of drug-likeness (QED) is 0.765. The number of pyridine rings is 1. The Bertz CT molecular complexity index is 575. The molecule has 1 aliphatic rings. The Labute approximate surface area is 108 Å². The fourth-order valence-electron chi connectivity index (χ4n) is 2.49. The van der Waals surface area contributed by atoms with Crippen LogP contribution in [0.15, 0.2) is 30.6 Å². The molecule has 0 bridgehead atoms. The van der Waals surface area contributed by atoms with Gasteiger partial charge < -0.3 is 4.57 Å². The molecule has 100 valence electrons. The summed E-state index contributed by atoms with van der Waals surface area (Å²) in [5.74, 6) is 0. The van der Waals surface area contributed by atoms with Gasteiger partial charge in [0.15, 0.2) is 0 Å². The highest BCUT2D eigenvalue weighted by molar-refractivity contribution is 5.64. The lowest BCUT2D eigenvalue weighted by atomic mass is 10.1. The lowest BCUT2D eigenvalue weighted by Gasteiger charge is -2.13. The van der Waals surface area contributed by atoms with Crippen LogP contribution in [-0.4, -0.2) is 9.55 Å². The Kier molecular flexibility index (Phi) is 2.84. The van der Waals surface area contributed by atoms with Crippen molar-refractivity contribution in [1.29, 1.82) is 0 Å². The molecule has 1 aliphatic heterocycles. The molecule has 0 unspecified atom stereocenters. The Morgan fingerprint density at radius 3 is 2.68 bits per heavy atom. The zero-order valence-electron chi connectivity index (χ0n) is 10.2. The fraction of sp³-hybridized carbons (Fsp3) is 0.357. The van der Waals surface area contributed by atoms with Gasteiger partial charge in [-0.05, 0) is 48.6 Å². The van der Waals surface area contributed by atoms with Crippen LogP contribution in [0.3, 0.4) is 0 Å². The Hall–Kier alpha value is -1.78. The number of nitrogens with zero attached hydrogens (tertiary/aromatic N) is 2. The van der Waals surface area contributed by atoms with Gasteiger partial charge in [-0.3, -0.25) is 4.98 Å². The average Bonchev–Trinajstić information content (AvgIpc) is 2.81. The summed E-state index contributed by atoms with van der Waals surface area (Å²) in [6, 6.07) is 4.71. The third kappa shape index (κ3) is 2.37. The third-order valence-corrected chi connectivity index (χ3v) is 3.45. The van der Waals surface area contributed by atoms with Gasteiger partial charge in [-0.2, -0.15) is 13.2 Å². The highest BCUT2D eigenvalue weighted by atomic mass is 19.4. The van der Waals surface area contributed by atoms with Crippen LogP contribution in [-0.2, 0) is 19.1 Å². The largest absolute Gasteiger partial charge is 0.433 e. The summed E-state index contributed by atoms with van der Waals surface area (Å²) in [7, 11) is 0. The Balaban J connectivity index is 2.00. The zero-order valence-corrected chi connectivity index (χ0v) is 10.2. The van der Waals surface area contributed by atoms with Gasteiger partial charge in [0.05, 0.1) is 0 Å². The summed E-state index contributed by atoms with van der Waals surface area (Å²) in [4.78, 5) is 3.39. The first-order valence-electron chi connectivity index (χ1n) is 6.27. The van der Waals surface area contributed by atoms with Crippen LogP contribution < -0.4 is 0 Å². The van der Waals surface area contributed by atoms with Gasteiger partial charge in [0.25, 0.3) is 0 Å². The van der Waals surface area contributed by atoms with Crippen LogP contribution in [0.25, 0.3) is 11.1 Å². The highest BCUT2D eigenvalue weighted by Crippen LogP contribution is 2.31. The first-order chi connectivity index (χ1) is 9.04. The number of alkyl halides is 3. The van der Waals surface area contributed by atoms with Crippen molar-refractivity contribution in [3.05, 3.63) is 42.0 Å². The van der Waals surface area contributed by atoms with Gasteiger partial charge in [0, 0.05) is 24.6 Å². The van der Waals surface area contributed by atoms with Crippen molar-refractivity contribution in [1.82, 2.24) is 9.55 Å². The molecule has 3 heterocycles. The minimum Gasteiger partial charge on any atom is -0.351 e. The maximum Gasteiger partial charge on any atom is 0.433 e. The van der Waals surface area contributed by atoms with E-state index in [0.29, 0.717) is 5.56 Å². The molecule has 0 saturated heterocycles. The molecule has 2 nitrogen and oxygen atoms in total. The van der Waals surface area contributed by atoms with Crippen molar-refractivity contribution in [2.24, 2.45) is 0 Å². The van der Waals surface area contributed by atoms with Crippen LogP contribution in [0.5, 0.6) is 0 Å². The molecule has 0 amide bonds. The SMILES string of the molecule is FC(F)(F)c1cc(-c2cc3n(c2)CCCC3)ccn1. The van der Waals surface area contributed by atoms with E-state index < -0.39 is 11.9 Å². The second-order valence-corrected chi connectivity index (χ2v) is 4.80. The van der Waals surface area contributed by atoms with E-state index in [1.165, 1.54) is 11.9 Å². The van der Waals surface area contributed by atoms with Gasteiger partial charge in [0.1, 0.15) is 5.69 Å². The van der Waals surface area contributed by atoms with Gasteiger partial charge >= 0.3 is 6.18 Å². The molecule has 0 aromatic carbocycles. The Morgan fingerprint density at radius 1 is 1.11 bits per heavy atom. The summed E-state index contributed by atoms with van der Waals surface area (Å²) in [5, 5.41) is 0. The maximum absolute atomic E-state index is 12.6. The van der Waals surface area contributed by atoms with E-state index in [-0.39, 0.29) is 0 Å². The van der Waals surface area contributed by atoms with Crippen LogP contribution >= 0.6 is 0 Å². The summed E-state index contributed by atoms with van der Waals surface area (Å²) in [6.07, 6.45) is 2.03. The molecule has 0 spiro atoms. The molecule has 0 N–H and O–H groups in total. The lowest BCUT2D eigenvalue weighted by Crippen LogP contribution is -2.07. The fourth-order valence-corrected chi connectivity index (χ4v) is 2.49. The molecule has 0 saturated carbocycles. The molecular formula is C14H13F3N2. The number of rotatable bonds is 1. The number of hydrogen-bond donors (Lipinski definition) is 0. The van der Waals surface area contributed by atoms with Gasteiger partial charge in [-0.25, -0.2) is 0 Å². The van der Waals surface area contributed by atoms with Crippen molar-refractivity contribution >= 4 is 0 Å². The zero-order chi connectivity index (χ0) is 13.5. The molecule has 5 heteroatoms. The molecule has 0 fully saturated rings. The number of hydrogen-bond acceptors (Lipinski definition) is 1. The average molecular weight is 266 g/mol. The van der Waals surface area contributed by atoms with E-state index in [9.17, 15) is 13.2 Å². The topological polar surface area (TPSA) is 17.8 Å². The van der Waals surface area contributed by atoms with Crippen molar-refractivity contribution in [3.63, 3.8) is 0 Å². The minimum atomic E-state index is -4.39. The van der Waals surface area contributed by atoms with Crippen molar-refractivity contribution in [2.45, 2.75) is 32.0 Å². The van der Waals surface area contributed by atoms with Crippen molar-refractivity contribution in [2.75, 3.05) is 0 Å². The third-order valence-electron chi connectivity index (χ3n) is 3.45. The summed E-state index contributed by atoms with van der Waals surface area (Å²) in [5.41, 5.74) is 1.77.